The molecular formula is C13H12LiN4O5S-. The maximum absolute atomic E-state index is 12.0. The second kappa shape index (κ2) is 10.5. The summed E-state index contributed by atoms with van der Waals surface area (Å²) in [5.74, 6) is -0.720. The van der Waals surface area contributed by atoms with Crippen LogP contribution in [0, 0.1) is 0 Å². The first-order valence-corrected chi connectivity index (χ1v) is 6.72. The third-order valence-electron chi connectivity index (χ3n) is 2.32. The molecule has 0 fully saturated rings. The normalized spacial score (nSPS) is 9.75. The summed E-state index contributed by atoms with van der Waals surface area (Å²) in [6.07, 6.45) is 0. The first kappa shape index (κ1) is 21.7. The third kappa shape index (κ3) is 5.75. The Bertz CT molecular complexity index is 819. The van der Waals surface area contributed by atoms with Gasteiger partial charge in [0.25, 0.3) is 0 Å². The third-order valence-corrected chi connectivity index (χ3v) is 2.51. The molecule has 0 radical (unpaired) electrons. The van der Waals surface area contributed by atoms with Gasteiger partial charge in [-0.1, -0.05) is 36.9 Å². The van der Waals surface area contributed by atoms with E-state index >= 15 is 0 Å². The molecule has 0 aliphatic carbocycles. The van der Waals surface area contributed by atoms with E-state index in [0.717, 1.165) is 4.57 Å². The topological polar surface area (TPSA) is 141 Å². The molecule has 0 spiro atoms. The first-order valence-electron chi connectivity index (χ1n) is 5.98. The number of hydrogen-bond acceptors (Lipinski definition) is 8. The predicted molar refractivity (Wildman–Crippen MR) is 83.9 cm³/mol. The fourth-order valence-corrected chi connectivity index (χ4v) is 1.47. The van der Waals surface area contributed by atoms with Crippen molar-refractivity contribution in [3.63, 3.8) is 0 Å². The van der Waals surface area contributed by atoms with Crippen molar-refractivity contribution in [2.75, 3.05) is 7.05 Å². The average Bonchev–Trinajstić information content (AvgIpc) is 2.53. The van der Waals surface area contributed by atoms with E-state index in [1.165, 1.54) is 7.05 Å². The number of aliphatic hydroxyl groups excluding tert-OH is 1. The Morgan fingerprint density at radius 2 is 1.88 bits per heavy atom. The first-order chi connectivity index (χ1) is 10.9. The molecule has 1 aromatic heterocycles. The Kier molecular flexibility index (Phi) is 9.52. The van der Waals surface area contributed by atoms with Crippen molar-refractivity contribution in [2.45, 2.75) is 0 Å². The molecule has 0 aliphatic heterocycles. The van der Waals surface area contributed by atoms with Gasteiger partial charge in [-0.25, -0.2) is 0 Å². The minimum atomic E-state index is -0.862. The summed E-state index contributed by atoms with van der Waals surface area (Å²) in [6, 6.07) is 8.26. The van der Waals surface area contributed by atoms with E-state index in [4.69, 9.17) is 5.11 Å². The molecule has 122 valence electrons. The van der Waals surface area contributed by atoms with Crippen molar-refractivity contribution in [3.05, 3.63) is 62.8 Å². The van der Waals surface area contributed by atoms with Gasteiger partial charge in [0, 0.05) is 7.05 Å². The molecule has 11 heteroatoms. The van der Waals surface area contributed by atoms with Crippen LogP contribution in [0.25, 0.3) is 5.69 Å². The SMILES string of the molecule is C=C(O)S[O-].CN=Nc1c(O)[n-]c(=O)n(-c2ccccc2)c1=O.[Li+]. The number of aliphatic hydroxyl groups is 1. The quantitative estimate of drug-likeness (QED) is 0.298. The van der Waals surface area contributed by atoms with Gasteiger partial charge < -0.3 is 24.3 Å². The van der Waals surface area contributed by atoms with Crippen LogP contribution >= 0.6 is 12.0 Å². The molecule has 2 aromatic rings. The second-order valence-corrected chi connectivity index (χ2v) is 4.46. The number of azo groups is 1. The number of aromatic hydroxyl groups is 1. The van der Waals surface area contributed by atoms with Gasteiger partial charge in [-0.3, -0.25) is 9.59 Å². The van der Waals surface area contributed by atoms with Gasteiger partial charge in [-0.2, -0.15) is 17.2 Å². The second-order valence-electron chi connectivity index (χ2n) is 3.82. The van der Waals surface area contributed by atoms with Crippen molar-refractivity contribution in [1.82, 2.24) is 9.55 Å². The van der Waals surface area contributed by atoms with Crippen LogP contribution < -0.4 is 35.1 Å². The van der Waals surface area contributed by atoms with Gasteiger partial charge in [-0.05, 0) is 5.69 Å². The largest absolute Gasteiger partial charge is 1.00 e. The zero-order valence-corrected chi connectivity index (χ0v) is 13.7. The molecule has 1 aromatic carbocycles. The van der Waals surface area contributed by atoms with Gasteiger partial charge in [0.05, 0.1) is 0 Å². The van der Waals surface area contributed by atoms with Crippen LogP contribution in [0.3, 0.4) is 0 Å². The van der Waals surface area contributed by atoms with Gasteiger partial charge in [0.2, 0.25) is 5.56 Å². The van der Waals surface area contributed by atoms with Crippen molar-refractivity contribution in [1.29, 1.82) is 0 Å². The van der Waals surface area contributed by atoms with Gasteiger partial charge >= 0.3 is 18.9 Å². The molecule has 0 bridgehead atoms. The number of para-hydroxylation sites is 1. The summed E-state index contributed by atoms with van der Waals surface area (Å²) in [7, 11) is 1.34. The van der Waals surface area contributed by atoms with E-state index in [-0.39, 0.29) is 41.7 Å². The molecule has 0 amide bonds. The standard InChI is InChI=1S/C11H10N4O3.C2H4O2S.Li/c1-12-14-8-9(16)13-11(18)15(10(8)17)7-5-3-2-4-6-7;1-2(3)5-4;/h2-6H,1H3,(H2,12,13,16,17,18);3-4H,1H2;/q;;+1/p-2. The monoisotopic (exact) mass is 343 g/mol. The average molecular weight is 343 g/mol. The van der Waals surface area contributed by atoms with Crippen LogP contribution in [0.2, 0.25) is 0 Å². The molecule has 0 saturated heterocycles. The number of benzene rings is 1. The predicted octanol–water partition coefficient (Wildman–Crippen LogP) is -1.54. The van der Waals surface area contributed by atoms with Gasteiger partial charge in [-0.15, -0.1) is 5.11 Å². The summed E-state index contributed by atoms with van der Waals surface area (Å²) in [5.41, 5.74) is -1.63. The Hall–Kier alpha value is -2.25. The Morgan fingerprint density at radius 3 is 2.33 bits per heavy atom. The van der Waals surface area contributed by atoms with E-state index in [9.17, 15) is 19.2 Å². The minimum Gasteiger partial charge on any atom is -0.793 e. The Labute approximate surface area is 152 Å². The van der Waals surface area contributed by atoms with Crippen molar-refractivity contribution in [2.24, 2.45) is 10.2 Å². The van der Waals surface area contributed by atoms with Gasteiger partial charge in [0.15, 0.2) is 11.4 Å². The maximum atomic E-state index is 12.0. The molecule has 2 rings (SSSR count). The Morgan fingerprint density at radius 1 is 1.33 bits per heavy atom. The van der Waals surface area contributed by atoms with E-state index in [0.29, 0.717) is 5.69 Å². The molecule has 0 saturated carbocycles. The Balaban J connectivity index is 0.000000777. The molecular weight excluding hydrogens is 331 g/mol. The van der Waals surface area contributed by atoms with Crippen LogP contribution in [-0.2, 0) is 0 Å². The van der Waals surface area contributed by atoms with Crippen LogP contribution in [0.1, 0.15) is 0 Å². The minimum absolute atomic E-state index is 0. The number of nitrogens with zero attached hydrogens (tertiary/aromatic N) is 4. The van der Waals surface area contributed by atoms with Crippen LogP contribution in [0.4, 0.5) is 5.69 Å². The molecule has 0 atom stereocenters. The molecule has 0 aliphatic rings. The van der Waals surface area contributed by atoms with E-state index in [1.54, 1.807) is 30.3 Å². The summed E-state index contributed by atoms with van der Waals surface area (Å²) in [5, 5.41) is 23.7. The zero-order chi connectivity index (χ0) is 17.4. The van der Waals surface area contributed by atoms with Crippen molar-refractivity contribution in [3.8, 4) is 11.6 Å². The molecule has 9 nitrogen and oxygen atoms in total. The maximum Gasteiger partial charge on any atom is 1.00 e. The molecule has 0 unspecified atom stereocenters. The van der Waals surface area contributed by atoms with Crippen LogP contribution in [-0.4, -0.2) is 26.4 Å². The summed E-state index contributed by atoms with van der Waals surface area (Å²) < 4.78 is 10.0. The fraction of sp³-hybridized carbons (Fsp3) is 0.0769. The van der Waals surface area contributed by atoms with Crippen LogP contribution in [0.5, 0.6) is 5.88 Å². The molecule has 1 heterocycles. The van der Waals surface area contributed by atoms with Crippen molar-refractivity contribution < 1.29 is 33.6 Å². The zero-order valence-electron chi connectivity index (χ0n) is 12.9. The molecule has 2 N–H and O–H groups in total. The smallest absolute Gasteiger partial charge is 0.793 e. The van der Waals surface area contributed by atoms with Crippen molar-refractivity contribution >= 4 is 17.7 Å². The summed E-state index contributed by atoms with van der Waals surface area (Å²) in [4.78, 5) is 27.0. The summed E-state index contributed by atoms with van der Waals surface area (Å²) >= 11 is -0.00926. The van der Waals surface area contributed by atoms with E-state index < -0.39 is 17.1 Å². The van der Waals surface area contributed by atoms with Crippen LogP contribution in [0.15, 0.2) is 61.8 Å². The van der Waals surface area contributed by atoms with E-state index in [2.05, 4.69) is 21.8 Å². The number of aromatic nitrogens is 2. The fourth-order valence-electron chi connectivity index (χ4n) is 1.47. The van der Waals surface area contributed by atoms with Gasteiger partial charge in [0.1, 0.15) is 11.0 Å². The summed E-state index contributed by atoms with van der Waals surface area (Å²) in [6.45, 7) is 2.88. The number of hydrogen-bond donors (Lipinski definition) is 2. The van der Waals surface area contributed by atoms with E-state index in [1.807, 2.05) is 0 Å². The molecule has 24 heavy (non-hydrogen) atoms. The number of rotatable bonds is 3.